The predicted octanol–water partition coefficient (Wildman–Crippen LogP) is 4.09. The molecule has 0 amide bonds. The van der Waals surface area contributed by atoms with E-state index in [-0.39, 0.29) is 11.8 Å². The van der Waals surface area contributed by atoms with Crippen molar-refractivity contribution in [2.45, 2.75) is 25.7 Å². The maximum Gasteiger partial charge on any atom is 0.220 e. The van der Waals surface area contributed by atoms with Gasteiger partial charge in [-0.3, -0.25) is 0 Å². The minimum absolute atomic E-state index is 0.156. The average molecular weight is 344 g/mol. The molecule has 3 aromatic rings. The summed E-state index contributed by atoms with van der Waals surface area (Å²) in [6, 6.07) is 4.90. The number of nitrogen functional groups attached to an aromatic ring is 1. The number of anilines is 1. The Kier molecular flexibility index (Phi) is 3.49. The molecule has 1 fully saturated rings. The minimum Gasteiger partial charge on any atom is -0.368 e. The molecular weight excluding hydrogens is 329 g/mol. The van der Waals surface area contributed by atoms with Gasteiger partial charge in [0, 0.05) is 22.7 Å². The van der Waals surface area contributed by atoms with Crippen LogP contribution in [0.15, 0.2) is 24.4 Å². The molecule has 1 saturated carbocycles. The highest BCUT2D eigenvalue weighted by atomic mass is 35.5. The van der Waals surface area contributed by atoms with Crippen LogP contribution in [0.5, 0.6) is 0 Å². The standard InChI is InChI=1S/C17H15ClFN5/c1-8-6-10(18)7-11(13(8)19)14-15(12-4-5-21-17(20)22-12)24-16(23-14)9-2-3-9/h4-7,9H,2-3H2,1H3,(H,23,24)(H2,20,21,22). The number of rotatable bonds is 3. The summed E-state index contributed by atoms with van der Waals surface area (Å²) in [6.45, 7) is 1.68. The summed E-state index contributed by atoms with van der Waals surface area (Å²) in [5.74, 6) is 1.05. The van der Waals surface area contributed by atoms with Gasteiger partial charge in [0.15, 0.2) is 0 Å². The largest absolute Gasteiger partial charge is 0.368 e. The Morgan fingerprint density at radius 1 is 1.29 bits per heavy atom. The van der Waals surface area contributed by atoms with E-state index in [9.17, 15) is 4.39 Å². The van der Waals surface area contributed by atoms with Crippen molar-refractivity contribution in [2.75, 3.05) is 5.73 Å². The molecule has 0 spiro atoms. The van der Waals surface area contributed by atoms with Crippen LogP contribution in [0.3, 0.4) is 0 Å². The fourth-order valence-electron chi connectivity index (χ4n) is 2.73. The van der Waals surface area contributed by atoms with Gasteiger partial charge in [0.25, 0.3) is 0 Å². The van der Waals surface area contributed by atoms with Crippen LogP contribution in [0.4, 0.5) is 10.3 Å². The van der Waals surface area contributed by atoms with E-state index in [0.717, 1.165) is 18.7 Å². The summed E-state index contributed by atoms with van der Waals surface area (Å²) in [6.07, 6.45) is 3.73. The molecule has 1 aliphatic rings. The van der Waals surface area contributed by atoms with Crippen molar-refractivity contribution in [1.82, 2.24) is 19.9 Å². The number of aromatic amines is 1. The Balaban J connectivity index is 1.95. The van der Waals surface area contributed by atoms with Gasteiger partial charge in [0.2, 0.25) is 5.95 Å². The van der Waals surface area contributed by atoms with Gasteiger partial charge in [-0.15, -0.1) is 0 Å². The van der Waals surface area contributed by atoms with E-state index in [2.05, 4.69) is 19.9 Å². The van der Waals surface area contributed by atoms with E-state index in [0.29, 0.717) is 39.1 Å². The van der Waals surface area contributed by atoms with E-state index in [1.165, 1.54) is 0 Å². The Labute approximate surface area is 143 Å². The van der Waals surface area contributed by atoms with Crippen molar-refractivity contribution >= 4 is 17.5 Å². The summed E-state index contributed by atoms with van der Waals surface area (Å²) in [4.78, 5) is 16.1. The minimum atomic E-state index is -0.337. The Bertz CT molecular complexity index is 933. The number of nitrogens with zero attached hydrogens (tertiary/aromatic N) is 3. The second-order valence-corrected chi connectivity index (χ2v) is 6.44. The Morgan fingerprint density at radius 2 is 2.08 bits per heavy atom. The third-order valence-corrected chi connectivity index (χ3v) is 4.31. The van der Waals surface area contributed by atoms with Crippen LogP contribution in [0.2, 0.25) is 5.02 Å². The number of hydrogen-bond acceptors (Lipinski definition) is 4. The molecule has 1 aromatic carbocycles. The molecule has 24 heavy (non-hydrogen) atoms. The molecular formula is C17H15ClFN5. The van der Waals surface area contributed by atoms with Gasteiger partial charge in [-0.2, -0.15) is 0 Å². The van der Waals surface area contributed by atoms with Gasteiger partial charge in [-0.1, -0.05) is 11.6 Å². The summed E-state index contributed by atoms with van der Waals surface area (Å²) < 4.78 is 14.7. The molecule has 5 nitrogen and oxygen atoms in total. The van der Waals surface area contributed by atoms with Crippen molar-refractivity contribution in [3.8, 4) is 22.6 Å². The van der Waals surface area contributed by atoms with Crippen LogP contribution in [-0.4, -0.2) is 19.9 Å². The molecule has 0 aliphatic heterocycles. The van der Waals surface area contributed by atoms with Crippen molar-refractivity contribution in [1.29, 1.82) is 0 Å². The van der Waals surface area contributed by atoms with Crippen molar-refractivity contribution in [3.05, 3.63) is 46.6 Å². The average Bonchev–Trinajstić information content (AvgIpc) is 3.30. The van der Waals surface area contributed by atoms with Crippen LogP contribution in [0.1, 0.15) is 30.1 Å². The molecule has 0 radical (unpaired) electrons. The SMILES string of the molecule is Cc1cc(Cl)cc(-c2nc(C3CC3)[nH]c2-c2ccnc(N)n2)c1F. The van der Waals surface area contributed by atoms with E-state index in [1.54, 1.807) is 31.3 Å². The number of imidazole rings is 1. The quantitative estimate of drug-likeness (QED) is 0.750. The summed E-state index contributed by atoms with van der Waals surface area (Å²) in [5, 5.41) is 0.466. The lowest BCUT2D eigenvalue weighted by Crippen LogP contribution is -1.97. The smallest absolute Gasteiger partial charge is 0.220 e. The van der Waals surface area contributed by atoms with Crippen LogP contribution in [-0.2, 0) is 0 Å². The van der Waals surface area contributed by atoms with Crippen LogP contribution in [0, 0.1) is 12.7 Å². The first-order chi connectivity index (χ1) is 11.5. The zero-order valence-electron chi connectivity index (χ0n) is 13.0. The first-order valence-electron chi connectivity index (χ1n) is 7.67. The highest BCUT2D eigenvalue weighted by molar-refractivity contribution is 6.31. The van der Waals surface area contributed by atoms with Gasteiger partial charge in [-0.05, 0) is 43.5 Å². The molecule has 2 heterocycles. The second-order valence-electron chi connectivity index (χ2n) is 6.00. The third-order valence-electron chi connectivity index (χ3n) is 4.09. The van der Waals surface area contributed by atoms with Crippen molar-refractivity contribution in [3.63, 3.8) is 0 Å². The molecule has 1 aliphatic carbocycles. The highest BCUT2D eigenvalue weighted by Crippen LogP contribution is 2.42. The molecule has 0 saturated heterocycles. The fourth-order valence-corrected chi connectivity index (χ4v) is 3.01. The maximum atomic E-state index is 14.7. The monoisotopic (exact) mass is 343 g/mol. The van der Waals surface area contributed by atoms with E-state index >= 15 is 0 Å². The van der Waals surface area contributed by atoms with Crippen LogP contribution >= 0.6 is 11.6 Å². The molecule has 3 N–H and O–H groups in total. The maximum absolute atomic E-state index is 14.7. The number of halogens is 2. The van der Waals surface area contributed by atoms with Crippen LogP contribution < -0.4 is 5.73 Å². The number of nitrogens with one attached hydrogen (secondary N) is 1. The lowest BCUT2D eigenvalue weighted by Gasteiger charge is -2.07. The number of hydrogen-bond donors (Lipinski definition) is 2. The molecule has 0 bridgehead atoms. The molecule has 2 aromatic heterocycles. The van der Waals surface area contributed by atoms with Crippen molar-refractivity contribution < 1.29 is 4.39 Å². The summed E-state index contributed by atoms with van der Waals surface area (Å²) in [7, 11) is 0. The number of benzene rings is 1. The first-order valence-corrected chi connectivity index (χ1v) is 8.05. The molecule has 122 valence electrons. The lowest BCUT2D eigenvalue weighted by atomic mass is 10.0. The number of H-pyrrole nitrogens is 1. The highest BCUT2D eigenvalue weighted by Gasteiger charge is 2.29. The first kappa shape index (κ1) is 15.1. The van der Waals surface area contributed by atoms with Gasteiger partial charge < -0.3 is 10.7 Å². The molecule has 7 heteroatoms. The number of aryl methyl sites for hydroxylation is 1. The fraction of sp³-hybridized carbons (Fsp3) is 0.235. The number of nitrogens with two attached hydrogens (primary N) is 1. The molecule has 4 rings (SSSR count). The normalized spacial score (nSPS) is 14.1. The number of aromatic nitrogens is 4. The molecule has 0 unspecified atom stereocenters. The third kappa shape index (κ3) is 2.63. The molecule has 0 atom stereocenters. The summed E-state index contributed by atoms with van der Waals surface area (Å²) >= 11 is 6.13. The second kappa shape index (κ2) is 5.56. The lowest BCUT2D eigenvalue weighted by molar-refractivity contribution is 0.621. The van der Waals surface area contributed by atoms with Crippen molar-refractivity contribution in [2.24, 2.45) is 0 Å². The van der Waals surface area contributed by atoms with Gasteiger partial charge in [-0.25, -0.2) is 19.3 Å². The Morgan fingerprint density at radius 3 is 2.79 bits per heavy atom. The van der Waals surface area contributed by atoms with E-state index in [1.807, 2.05) is 0 Å². The predicted molar refractivity (Wildman–Crippen MR) is 91.1 cm³/mol. The van der Waals surface area contributed by atoms with Gasteiger partial charge in [0.1, 0.15) is 17.3 Å². The van der Waals surface area contributed by atoms with Gasteiger partial charge in [0.05, 0.1) is 11.4 Å². The van der Waals surface area contributed by atoms with E-state index in [4.69, 9.17) is 17.3 Å². The summed E-state index contributed by atoms with van der Waals surface area (Å²) in [5.41, 5.74) is 8.23. The topological polar surface area (TPSA) is 80.5 Å². The van der Waals surface area contributed by atoms with Crippen LogP contribution in [0.25, 0.3) is 22.6 Å². The Hall–Kier alpha value is -2.47. The van der Waals surface area contributed by atoms with E-state index < -0.39 is 0 Å². The zero-order chi connectivity index (χ0) is 16.8. The zero-order valence-corrected chi connectivity index (χ0v) is 13.7. The van der Waals surface area contributed by atoms with Gasteiger partial charge >= 0.3 is 0 Å².